The Hall–Kier alpha value is -2.24. The maximum absolute atomic E-state index is 13.5. The van der Waals surface area contributed by atoms with Crippen molar-refractivity contribution >= 4 is 11.6 Å². The Morgan fingerprint density at radius 3 is 2.55 bits per heavy atom. The molecule has 0 unspecified atom stereocenters. The van der Waals surface area contributed by atoms with Crippen LogP contribution < -0.4 is 5.32 Å². The molecule has 2 aromatic rings. The second-order valence-corrected chi connectivity index (χ2v) is 4.79. The third-order valence-electron chi connectivity index (χ3n) is 2.82. The van der Waals surface area contributed by atoms with Gasteiger partial charge in [-0.25, -0.2) is 8.78 Å². The molecule has 2 rings (SSSR count). The maximum atomic E-state index is 13.5. The smallest absolute Gasteiger partial charge is 0.276 e. The zero-order valence-electron chi connectivity index (χ0n) is 11.4. The van der Waals surface area contributed by atoms with E-state index < -0.39 is 17.5 Å². The number of anilines is 1. The van der Waals surface area contributed by atoms with Gasteiger partial charge in [0.15, 0.2) is 5.69 Å². The highest BCUT2D eigenvalue weighted by molar-refractivity contribution is 6.02. The molecular formula is C14H15F2N3O. The normalized spacial score (nSPS) is 10.9. The van der Waals surface area contributed by atoms with E-state index in [0.717, 1.165) is 11.8 Å². The van der Waals surface area contributed by atoms with Crippen LogP contribution in [0.25, 0.3) is 0 Å². The zero-order valence-corrected chi connectivity index (χ0v) is 11.4. The number of carbonyl (C=O) groups is 1. The lowest BCUT2D eigenvalue weighted by molar-refractivity contribution is 0.102. The van der Waals surface area contributed by atoms with Crippen molar-refractivity contribution in [1.29, 1.82) is 0 Å². The lowest BCUT2D eigenvalue weighted by Crippen LogP contribution is -2.15. The Balaban J connectivity index is 2.22. The number of halogens is 2. The minimum Gasteiger partial charge on any atom is -0.318 e. The average molecular weight is 279 g/mol. The summed E-state index contributed by atoms with van der Waals surface area (Å²) in [5, 5.41) is 6.54. The number of rotatable bonds is 3. The molecule has 6 heteroatoms. The van der Waals surface area contributed by atoms with Gasteiger partial charge >= 0.3 is 0 Å². The van der Waals surface area contributed by atoms with Gasteiger partial charge in [-0.15, -0.1) is 0 Å². The van der Waals surface area contributed by atoms with Crippen molar-refractivity contribution in [3.63, 3.8) is 0 Å². The third kappa shape index (κ3) is 2.84. The van der Waals surface area contributed by atoms with Gasteiger partial charge in [0.25, 0.3) is 5.91 Å². The molecule has 1 aromatic heterocycles. The number of hydrogen-bond donors (Lipinski definition) is 1. The fourth-order valence-electron chi connectivity index (χ4n) is 1.90. The van der Waals surface area contributed by atoms with E-state index in [2.05, 4.69) is 10.4 Å². The Morgan fingerprint density at radius 1 is 1.30 bits per heavy atom. The molecule has 20 heavy (non-hydrogen) atoms. The van der Waals surface area contributed by atoms with Crippen molar-refractivity contribution in [3.05, 3.63) is 47.3 Å². The summed E-state index contributed by atoms with van der Waals surface area (Å²) in [7, 11) is 0. The molecular weight excluding hydrogens is 264 g/mol. The molecule has 1 N–H and O–H groups in total. The quantitative estimate of drug-likeness (QED) is 0.937. The first-order chi connectivity index (χ1) is 9.38. The minimum absolute atomic E-state index is 0.0758. The van der Waals surface area contributed by atoms with Crippen molar-refractivity contribution in [2.75, 3.05) is 5.32 Å². The predicted octanol–water partition coefficient (Wildman–Crippen LogP) is 3.30. The molecule has 4 nitrogen and oxygen atoms in total. The van der Waals surface area contributed by atoms with E-state index in [9.17, 15) is 13.6 Å². The molecule has 0 saturated heterocycles. The lowest BCUT2D eigenvalue weighted by Gasteiger charge is -2.07. The van der Waals surface area contributed by atoms with E-state index in [1.165, 1.54) is 6.07 Å². The number of nitrogens with zero attached hydrogens (tertiary/aromatic N) is 2. The maximum Gasteiger partial charge on any atom is 0.276 e. The van der Waals surface area contributed by atoms with Crippen molar-refractivity contribution < 1.29 is 13.6 Å². The van der Waals surface area contributed by atoms with E-state index >= 15 is 0 Å². The summed E-state index contributed by atoms with van der Waals surface area (Å²) < 4.78 is 27.9. The van der Waals surface area contributed by atoms with Crippen molar-refractivity contribution in [2.45, 2.75) is 26.8 Å². The van der Waals surface area contributed by atoms with Crippen LogP contribution in [0.2, 0.25) is 0 Å². The summed E-state index contributed by atoms with van der Waals surface area (Å²) in [6, 6.07) is 4.72. The summed E-state index contributed by atoms with van der Waals surface area (Å²) in [5.41, 5.74) is 0.956. The fraction of sp³-hybridized carbons (Fsp3) is 0.286. The Bertz CT molecular complexity index is 650. The molecule has 0 bridgehead atoms. The Kier molecular flexibility index (Phi) is 3.83. The molecule has 0 aliphatic rings. The monoisotopic (exact) mass is 279 g/mol. The van der Waals surface area contributed by atoms with E-state index in [1.807, 2.05) is 20.8 Å². The third-order valence-corrected chi connectivity index (χ3v) is 2.82. The van der Waals surface area contributed by atoms with Crippen molar-refractivity contribution in [1.82, 2.24) is 9.78 Å². The highest BCUT2D eigenvalue weighted by atomic mass is 19.1. The van der Waals surface area contributed by atoms with Gasteiger partial charge in [-0.1, -0.05) is 0 Å². The van der Waals surface area contributed by atoms with Crippen LogP contribution in [0.3, 0.4) is 0 Å². The molecule has 0 aliphatic carbocycles. The molecule has 1 amide bonds. The highest BCUT2D eigenvalue weighted by Gasteiger charge is 2.15. The number of amides is 1. The number of benzene rings is 1. The van der Waals surface area contributed by atoms with E-state index in [-0.39, 0.29) is 17.4 Å². The number of aromatic nitrogens is 2. The van der Waals surface area contributed by atoms with Crippen LogP contribution in [0.1, 0.15) is 36.1 Å². The molecule has 1 heterocycles. The minimum atomic E-state index is -0.821. The second kappa shape index (κ2) is 5.40. The van der Waals surface area contributed by atoms with Gasteiger partial charge in [0.05, 0.1) is 5.69 Å². The summed E-state index contributed by atoms with van der Waals surface area (Å²) >= 11 is 0. The number of nitrogens with one attached hydrogen (secondary N) is 1. The summed E-state index contributed by atoms with van der Waals surface area (Å²) in [4.78, 5) is 12.0. The van der Waals surface area contributed by atoms with E-state index in [0.29, 0.717) is 6.07 Å². The molecule has 1 aromatic carbocycles. The van der Waals surface area contributed by atoms with Crippen LogP contribution in [0.4, 0.5) is 14.5 Å². The van der Waals surface area contributed by atoms with Crippen molar-refractivity contribution in [2.24, 2.45) is 0 Å². The standard InChI is InChI=1S/C14H15F2N3O/c1-8(2)19-9(3)6-13(18-19)14(20)17-12-5-4-10(15)7-11(12)16/h4-8H,1-3H3,(H,17,20). The molecule has 0 spiro atoms. The second-order valence-electron chi connectivity index (χ2n) is 4.79. The molecule has 0 aliphatic heterocycles. The molecule has 0 atom stereocenters. The van der Waals surface area contributed by atoms with Crippen LogP contribution in [0.15, 0.2) is 24.3 Å². The lowest BCUT2D eigenvalue weighted by atomic mass is 10.2. The van der Waals surface area contributed by atoms with Gasteiger partial charge in [-0.05, 0) is 39.0 Å². The Morgan fingerprint density at radius 2 is 2.00 bits per heavy atom. The SMILES string of the molecule is Cc1cc(C(=O)Nc2ccc(F)cc2F)nn1C(C)C. The summed E-state index contributed by atoms with van der Waals surface area (Å²) in [5.74, 6) is -2.04. The highest BCUT2D eigenvalue weighted by Crippen LogP contribution is 2.17. The van der Waals surface area contributed by atoms with Crippen molar-refractivity contribution in [3.8, 4) is 0 Å². The van der Waals surface area contributed by atoms with Crippen LogP contribution in [0.5, 0.6) is 0 Å². The van der Waals surface area contributed by atoms with Gasteiger partial charge in [-0.2, -0.15) is 5.10 Å². The number of aryl methyl sites for hydroxylation is 1. The zero-order chi connectivity index (χ0) is 14.9. The van der Waals surface area contributed by atoms with E-state index in [4.69, 9.17) is 0 Å². The molecule has 106 valence electrons. The van der Waals surface area contributed by atoms with Gasteiger partial charge < -0.3 is 5.32 Å². The summed E-state index contributed by atoms with van der Waals surface area (Å²) in [6.07, 6.45) is 0. The first kappa shape index (κ1) is 14.2. The molecule has 0 radical (unpaired) electrons. The van der Waals surface area contributed by atoms with Gasteiger partial charge in [0.2, 0.25) is 0 Å². The summed E-state index contributed by atoms with van der Waals surface area (Å²) in [6.45, 7) is 5.73. The van der Waals surface area contributed by atoms with Crippen LogP contribution in [0, 0.1) is 18.6 Å². The number of carbonyl (C=O) groups excluding carboxylic acids is 1. The largest absolute Gasteiger partial charge is 0.318 e. The first-order valence-electron chi connectivity index (χ1n) is 6.21. The van der Waals surface area contributed by atoms with Gasteiger partial charge in [-0.3, -0.25) is 9.48 Å². The fourth-order valence-corrected chi connectivity index (χ4v) is 1.90. The Labute approximate surface area is 115 Å². The van der Waals surface area contributed by atoms with Crippen LogP contribution in [-0.4, -0.2) is 15.7 Å². The van der Waals surface area contributed by atoms with Gasteiger partial charge in [0.1, 0.15) is 11.6 Å². The first-order valence-corrected chi connectivity index (χ1v) is 6.21. The van der Waals surface area contributed by atoms with E-state index in [1.54, 1.807) is 10.7 Å². The molecule has 0 saturated carbocycles. The average Bonchev–Trinajstić information content (AvgIpc) is 2.75. The number of hydrogen-bond acceptors (Lipinski definition) is 2. The van der Waals surface area contributed by atoms with Crippen LogP contribution >= 0.6 is 0 Å². The van der Waals surface area contributed by atoms with Crippen LogP contribution in [-0.2, 0) is 0 Å². The van der Waals surface area contributed by atoms with Gasteiger partial charge in [0, 0.05) is 17.8 Å². The molecule has 0 fully saturated rings. The topological polar surface area (TPSA) is 46.9 Å². The predicted molar refractivity (Wildman–Crippen MR) is 71.7 cm³/mol.